The van der Waals surface area contributed by atoms with Crippen LogP contribution in [0.5, 0.6) is 11.5 Å². The quantitative estimate of drug-likeness (QED) is 0.0922. The van der Waals surface area contributed by atoms with Gasteiger partial charge in [0.1, 0.15) is 0 Å². The Hall–Kier alpha value is -2.83. The second kappa shape index (κ2) is 12.7. The van der Waals surface area contributed by atoms with Crippen LogP contribution in [0, 0.1) is 0 Å². The first-order valence-electron chi connectivity index (χ1n) is 14.2. The topological polar surface area (TPSA) is 86.7 Å². The summed E-state index contributed by atoms with van der Waals surface area (Å²) < 4.78 is 145. The lowest BCUT2D eigenvalue weighted by Gasteiger charge is -2.34. The van der Waals surface area contributed by atoms with E-state index in [4.69, 9.17) is 8.37 Å². The number of halogens is 6. The Balaban J connectivity index is 2.83. The van der Waals surface area contributed by atoms with Gasteiger partial charge >= 0.3 is 31.3 Å². The highest BCUT2D eigenvalue weighted by Crippen LogP contribution is 2.44. The van der Waals surface area contributed by atoms with E-state index in [-0.39, 0.29) is 32.6 Å². The van der Waals surface area contributed by atoms with E-state index in [1.807, 2.05) is 13.8 Å². The molecule has 254 valence electrons. The first-order valence-corrected chi connectivity index (χ1v) is 24.0. The Bertz CT molecular complexity index is 1670. The van der Waals surface area contributed by atoms with E-state index < -0.39 is 58.9 Å². The highest BCUT2D eigenvalue weighted by Gasteiger charge is 2.52. The van der Waals surface area contributed by atoms with Gasteiger partial charge in [0.2, 0.25) is 0 Å². The molecule has 6 nitrogen and oxygen atoms in total. The number of alkyl halides is 6. The highest BCUT2D eigenvalue weighted by molar-refractivity contribution is 7.88. The van der Waals surface area contributed by atoms with E-state index in [9.17, 15) is 43.2 Å². The van der Waals surface area contributed by atoms with Crippen LogP contribution < -0.4 is 18.7 Å². The molecule has 3 aromatic rings. The van der Waals surface area contributed by atoms with Crippen molar-refractivity contribution < 1.29 is 51.5 Å². The average Bonchev–Trinajstić information content (AvgIpc) is 2.90. The van der Waals surface area contributed by atoms with Crippen LogP contribution in [-0.4, -0.2) is 44.0 Å². The second-order valence-corrected chi connectivity index (χ2v) is 25.8. The van der Waals surface area contributed by atoms with Crippen molar-refractivity contribution in [2.45, 2.75) is 77.0 Å². The van der Waals surface area contributed by atoms with Crippen LogP contribution in [0.25, 0.3) is 22.3 Å². The van der Waals surface area contributed by atoms with Crippen molar-refractivity contribution >= 4 is 46.8 Å². The molecule has 46 heavy (non-hydrogen) atoms. The van der Waals surface area contributed by atoms with Crippen molar-refractivity contribution in [2.24, 2.45) is 0 Å². The van der Waals surface area contributed by atoms with Crippen LogP contribution in [0.3, 0.4) is 0 Å². The minimum Gasteiger partial charge on any atom is -0.375 e. The van der Waals surface area contributed by atoms with Gasteiger partial charge < -0.3 is 8.37 Å². The van der Waals surface area contributed by atoms with E-state index in [2.05, 4.69) is 0 Å². The van der Waals surface area contributed by atoms with E-state index >= 15 is 0 Å². The fraction of sp³-hybridized carbons (Fsp3) is 0.400. The number of hydrogen-bond donors (Lipinski definition) is 0. The lowest BCUT2D eigenvalue weighted by molar-refractivity contribution is -0.0505. The fourth-order valence-corrected chi connectivity index (χ4v) is 9.82. The van der Waals surface area contributed by atoms with Crippen LogP contribution in [-0.2, 0) is 33.1 Å². The van der Waals surface area contributed by atoms with Crippen LogP contribution in [0.2, 0.25) is 39.3 Å². The minimum absolute atomic E-state index is 0.114. The Morgan fingerprint density at radius 3 is 1.00 bits per heavy atom. The van der Waals surface area contributed by atoms with Gasteiger partial charge in [-0.1, -0.05) is 102 Å². The summed E-state index contributed by atoms with van der Waals surface area (Å²) in [7, 11) is -19.0. The van der Waals surface area contributed by atoms with Gasteiger partial charge in [-0.2, -0.15) is 43.2 Å². The molecule has 3 aromatic carbocycles. The van der Waals surface area contributed by atoms with Crippen molar-refractivity contribution in [1.82, 2.24) is 0 Å². The Morgan fingerprint density at radius 2 is 0.804 bits per heavy atom. The van der Waals surface area contributed by atoms with Gasteiger partial charge in [-0.25, -0.2) is 0 Å². The van der Waals surface area contributed by atoms with Crippen LogP contribution in [0.15, 0.2) is 48.5 Å². The number of aryl methyl sites for hydroxylation is 2. The molecule has 0 spiro atoms. The monoisotopic (exact) mass is 726 g/mol. The van der Waals surface area contributed by atoms with Gasteiger partial charge in [-0.3, -0.25) is 0 Å². The normalized spacial score (nSPS) is 13.5. The molecule has 0 heterocycles. The lowest BCUT2D eigenvalue weighted by Crippen LogP contribution is -2.48. The summed E-state index contributed by atoms with van der Waals surface area (Å²) in [6.07, 6.45) is 1.13. The Morgan fingerprint density at radius 1 is 0.543 bits per heavy atom. The first-order chi connectivity index (χ1) is 20.8. The predicted molar refractivity (Wildman–Crippen MR) is 173 cm³/mol. The molecule has 0 N–H and O–H groups in total. The predicted octanol–water partition coefficient (Wildman–Crippen LogP) is 7.69. The molecule has 0 radical (unpaired) electrons. The van der Waals surface area contributed by atoms with Crippen LogP contribution >= 0.6 is 0 Å². The molecular formula is C30H36F6O6S2Si2. The molecule has 0 fully saturated rings. The van der Waals surface area contributed by atoms with E-state index in [1.165, 1.54) is 24.3 Å². The van der Waals surface area contributed by atoms with Gasteiger partial charge in [0, 0.05) is 11.1 Å². The fourth-order valence-electron chi connectivity index (χ4n) is 4.98. The molecule has 0 bridgehead atoms. The first kappa shape index (κ1) is 37.6. The third kappa shape index (κ3) is 7.65. The maximum atomic E-state index is 13.9. The molecule has 0 aliphatic rings. The maximum Gasteiger partial charge on any atom is 0.534 e. The molecule has 0 aliphatic carbocycles. The summed E-state index contributed by atoms with van der Waals surface area (Å²) in [6, 6.07) is 12.4. The van der Waals surface area contributed by atoms with Crippen molar-refractivity contribution in [3.8, 4) is 33.8 Å². The van der Waals surface area contributed by atoms with Gasteiger partial charge in [0.05, 0.1) is 16.1 Å². The van der Waals surface area contributed by atoms with Crippen molar-refractivity contribution in [2.75, 3.05) is 0 Å². The number of benzene rings is 3. The van der Waals surface area contributed by atoms with Crippen LogP contribution in [0.4, 0.5) is 26.3 Å². The summed E-state index contributed by atoms with van der Waals surface area (Å²) in [5.74, 6) is -1.44. The number of hydrogen-bond acceptors (Lipinski definition) is 6. The van der Waals surface area contributed by atoms with Gasteiger partial charge in [0.25, 0.3) is 0 Å². The second-order valence-electron chi connectivity index (χ2n) is 12.7. The zero-order valence-corrected chi connectivity index (χ0v) is 30.2. The highest BCUT2D eigenvalue weighted by atomic mass is 32.2. The van der Waals surface area contributed by atoms with Crippen molar-refractivity contribution in [3.05, 3.63) is 59.7 Å². The molecule has 0 saturated heterocycles. The third-order valence-corrected chi connectivity index (χ3v) is 13.0. The standard InChI is InChI=1S/C30H36F6O6S2Si2/c1-9-19-11-15-21(16-12-19)23-25(41-43(37,38)29(31,32)33)28(46(6,7)8)24(22-17-13-20(10-2)14-18-22)26(27(23)45(3,4)5)42-44(39,40)30(34,35)36/h11-18H,9-10H2,1-8H3. The Labute approximate surface area is 268 Å². The minimum atomic E-state index is -6.32. The van der Waals surface area contributed by atoms with Crippen LogP contribution in [0.1, 0.15) is 25.0 Å². The smallest absolute Gasteiger partial charge is 0.375 e. The summed E-state index contributed by atoms with van der Waals surface area (Å²) in [4.78, 5) is 0. The van der Waals surface area contributed by atoms with Gasteiger partial charge in [0.15, 0.2) is 11.5 Å². The molecule has 0 unspecified atom stereocenters. The summed E-state index contributed by atoms with van der Waals surface area (Å²) >= 11 is 0. The largest absolute Gasteiger partial charge is 0.534 e. The third-order valence-electron chi connectivity index (χ3n) is 7.16. The molecule has 0 saturated carbocycles. The van der Waals surface area contributed by atoms with E-state index in [0.29, 0.717) is 12.8 Å². The number of rotatable bonds is 10. The molecular weight excluding hydrogens is 691 g/mol. The summed E-state index contributed by atoms with van der Waals surface area (Å²) in [5, 5.41) is -0.318. The zero-order chi connectivity index (χ0) is 35.3. The van der Waals surface area contributed by atoms with Crippen molar-refractivity contribution in [3.63, 3.8) is 0 Å². The molecule has 0 aliphatic heterocycles. The van der Waals surface area contributed by atoms with E-state index in [0.717, 1.165) is 11.1 Å². The molecule has 16 heteroatoms. The lowest BCUT2D eigenvalue weighted by atomic mass is 9.96. The summed E-state index contributed by atoms with van der Waals surface area (Å²) in [5.41, 5.74) is -10.4. The Kier molecular flexibility index (Phi) is 10.3. The van der Waals surface area contributed by atoms with Gasteiger partial charge in [-0.15, -0.1) is 0 Å². The zero-order valence-electron chi connectivity index (χ0n) is 26.6. The van der Waals surface area contributed by atoms with E-state index in [1.54, 1.807) is 63.5 Å². The SMILES string of the molecule is CCc1ccc(-c2c(OS(=O)(=O)C(F)(F)F)c([Si](C)(C)C)c(-c3ccc(CC)cc3)c(OS(=O)(=O)C(F)(F)F)c2[Si](C)(C)C)cc1. The van der Waals surface area contributed by atoms with Gasteiger partial charge in [-0.05, 0) is 45.5 Å². The molecule has 0 aromatic heterocycles. The molecule has 0 amide bonds. The molecule has 3 rings (SSSR count). The summed E-state index contributed by atoms with van der Waals surface area (Å²) in [6.45, 7) is 13.4. The maximum absolute atomic E-state index is 13.9. The molecule has 0 atom stereocenters. The van der Waals surface area contributed by atoms with Crippen molar-refractivity contribution in [1.29, 1.82) is 0 Å². The average molecular weight is 727 g/mol.